The Bertz CT molecular complexity index is 766. The molecule has 0 fully saturated rings. The van der Waals surface area contributed by atoms with Gasteiger partial charge in [0.1, 0.15) is 6.54 Å². The summed E-state index contributed by atoms with van der Waals surface area (Å²) in [6.45, 7) is 3.17. The molecule has 1 amide bonds. The van der Waals surface area contributed by atoms with Crippen molar-refractivity contribution >= 4 is 33.6 Å². The molecule has 2 rings (SSSR count). The van der Waals surface area contributed by atoms with Gasteiger partial charge >= 0.3 is 5.97 Å². The number of halogens is 1. The number of ketones is 1. The summed E-state index contributed by atoms with van der Waals surface area (Å²) in [5.74, 6) is -1.47. The van der Waals surface area contributed by atoms with Crippen LogP contribution in [-0.2, 0) is 16.0 Å². The highest BCUT2D eigenvalue weighted by molar-refractivity contribution is 9.10. The third-order valence-electron chi connectivity index (χ3n) is 3.51. The largest absolute Gasteiger partial charge is 0.453 e. The molecule has 2 aromatic rings. The number of esters is 1. The summed E-state index contributed by atoms with van der Waals surface area (Å²) in [5, 5.41) is 2.37. The van der Waals surface area contributed by atoms with Gasteiger partial charge in [-0.05, 0) is 47.0 Å². The second-order valence-corrected chi connectivity index (χ2v) is 6.11. The first-order chi connectivity index (χ1) is 11.9. The molecule has 0 saturated carbocycles. The van der Waals surface area contributed by atoms with E-state index in [0.29, 0.717) is 10.2 Å². The smallest absolute Gasteiger partial charge is 0.326 e. The summed E-state index contributed by atoms with van der Waals surface area (Å²) in [7, 11) is 0. The van der Waals surface area contributed by atoms with Crippen LogP contribution in [0.15, 0.2) is 45.5 Å². The summed E-state index contributed by atoms with van der Waals surface area (Å²) < 4.78 is 10.6. The summed E-state index contributed by atoms with van der Waals surface area (Å²) >= 11 is 3.08. The molecule has 0 unspecified atom stereocenters. The van der Waals surface area contributed by atoms with Gasteiger partial charge in [0.25, 0.3) is 5.91 Å². The normalized spacial score (nSPS) is 11.6. The quantitative estimate of drug-likeness (QED) is 0.562. The van der Waals surface area contributed by atoms with Gasteiger partial charge in [-0.2, -0.15) is 0 Å². The predicted molar refractivity (Wildman–Crippen MR) is 94.4 cm³/mol. The molecule has 0 bridgehead atoms. The summed E-state index contributed by atoms with van der Waals surface area (Å²) in [4.78, 5) is 35.8. The number of ether oxygens (including phenoxy) is 1. The van der Waals surface area contributed by atoms with E-state index in [0.717, 1.165) is 12.0 Å². The van der Waals surface area contributed by atoms with Crippen molar-refractivity contribution in [2.75, 3.05) is 6.54 Å². The van der Waals surface area contributed by atoms with Gasteiger partial charge in [0.15, 0.2) is 16.5 Å². The Hall–Kier alpha value is -2.41. The van der Waals surface area contributed by atoms with E-state index in [2.05, 4.69) is 21.2 Å². The third-order valence-corrected chi connectivity index (χ3v) is 3.94. The number of carbonyl (C=O) groups is 3. The molecule has 0 saturated heterocycles. The van der Waals surface area contributed by atoms with Crippen molar-refractivity contribution in [1.29, 1.82) is 0 Å². The molecular weight excluding hydrogens is 390 g/mol. The van der Waals surface area contributed by atoms with E-state index in [9.17, 15) is 14.4 Å². The van der Waals surface area contributed by atoms with E-state index < -0.39 is 18.0 Å². The molecule has 1 N–H and O–H groups in total. The molecule has 1 aromatic carbocycles. The molecule has 1 aromatic heterocycles. The van der Waals surface area contributed by atoms with E-state index in [-0.39, 0.29) is 18.1 Å². The zero-order valence-corrected chi connectivity index (χ0v) is 15.5. The Balaban J connectivity index is 1.84. The minimum absolute atomic E-state index is 0.0693. The minimum Gasteiger partial charge on any atom is -0.453 e. The van der Waals surface area contributed by atoms with Gasteiger partial charge in [0.05, 0.1) is 0 Å². The van der Waals surface area contributed by atoms with Crippen LogP contribution in [0, 0.1) is 0 Å². The van der Waals surface area contributed by atoms with Crippen LogP contribution in [0.4, 0.5) is 0 Å². The Kier molecular flexibility index (Phi) is 6.52. The zero-order chi connectivity index (χ0) is 18.4. The maximum absolute atomic E-state index is 12.3. The lowest BCUT2D eigenvalue weighted by atomic mass is 10.0. The number of furan rings is 1. The molecule has 1 atom stereocenters. The standard InChI is InChI=1S/C18H18BrNO5/c1-3-12-4-6-13(7-5-12)17(22)11(2)24-16(21)10-20-18(23)14-8-9-15(19)25-14/h4-9,11H,3,10H2,1-2H3,(H,20,23)/t11-/m1/s1. The van der Waals surface area contributed by atoms with E-state index in [1.54, 1.807) is 18.2 Å². The monoisotopic (exact) mass is 407 g/mol. The first-order valence-electron chi connectivity index (χ1n) is 7.77. The van der Waals surface area contributed by atoms with Gasteiger partial charge < -0.3 is 14.5 Å². The number of nitrogens with one attached hydrogen (secondary N) is 1. The van der Waals surface area contributed by atoms with Crippen LogP contribution in [0.5, 0.6) is 0 Å². The number of aryl methyl sites for hydroxylation is 1. The average molecular weight is 408 g/mol. The average Bonchev–Trinajstić information content (AvgIpc) is 3.05. The summed E-state index contributed by atoms with van der Waals surface area (Å²) in [6.07, 6.45) is -0.0556. The lowest BCUT2D eigenvalue weighted by molar-refractivity contribution is -0.145. The summed E-state index contributed by atoms with van der Waals surface area (Å²) in [6, 6.07) is 10.2. The highest BCUT2D eigenvalue weighted by Gasteiger charge is 2.20. The third kappa shape index (κ3) is 5.29. The first-order valence-corrected chi connectivity index (χ1v) is 8.56. The van der Waals surface area contributed by atoms with Gasteiger partial charge in [-0.3, -0.25) is 14.4 Å². The van der Waals surface area contributed by atoms with Gasteiger partial charge in [0.2, 0.25) is 5.78 Å². The molecule has 25 heavy (non-hydrogen) atoms. The molecule has 6 nitrogen and oxygen atoms in total. The van der Waals surface area contributed by atoms with Crippen molar-refractivity contribution in [3.8, 4) is 0 Å². The van der Waals surface area contributed by atoms with Crippen molar-refractivity contribution in [1.82, 2.24) is 5.32 Å². The van der Waals surface area contributed by atoms with Crippen molar-refractivity contribution in [3.63, 3.8) is 0 Å². The van der Waals surface area contributed by atoms with Crippen molar-refractivity contribution in [2.24, 2.45) is 0 Å². The SMILES string of the molecule is CCc1ccc(C(=O)[C@@H](C)OC(=O)CNC(=O)c2ccc(Br)o2)cc1. The number of benzene rings is 1. The Morgan fingerprint density at radius 3 is 2.40 bits per heavy atom. The molecule has 7 heteroatoms. The first kappa shape index (κ1) is 18.9. The lowest BCUT2D eigenvalue weighted by Crippen LogP contribution is -2.33. The maximum Gasteiger partial charge on any atom is 0.326 e. The molecule has 0 aliphatic rings. The molecule has 0 spiro atoms. The van der Waals surface area contributed by atoms with Gasteiger partial charge in [-0.25, -0.2) is 0 Å². The molecular formula is C18H18BrNO5. The fourth-order valence-corrected chi connectivity index (χ4v) is 2.41. The molecule has 0 radical (unpaired) electrons. The molecule has 1 heterocycles. The van der Waals surface area contributed by atoms with E-state index in [1.807, 2.05) is 19.1 Å². The van der Waals surface area contributed by atoms with E-state index >= 15 is 0 Å². The number of amides is 1. The minimum atomic E-state index is -0.936. The van der Waals surface area contributed by atoms with Gasteiger partial charge in [-0.1, -0.05) is 31.2 Å². The number of hydrogen-bond acceptors (Lipinski definition) is 5. The zero-order valence-electron chi connectivity index (χ0n) is 13.9. The molecule has 0 aliphatic heterocycles. The van der Waals surface area contributed by atoms with Gasteiger partial charge in [0, 0.05) is 5.56 Å². The maximum atomic E-state index is 12.3. The van der Waals surface area contributed by atoms with Crippen LogP contribution in [-0.4, -0.2) is 30.3 Å². The second-order valence-electron chi connectivity index (χ2n) is 5.33. The molecule has 0 aliphatic carbocycles. The fourth-order valence-electron chi connectivity index (χ4n) is 2.11. The van der Waals surface area contributed by atoms with Crippen molar-refractivity contribution < 1.29 is 23.5 Å². The van der Waals surface area contributed by atoms with Crippen LogP contribution in [0.3, 0.4) is 0 Å². The lowest BCUT2D eigenvalue weighted by Gasteiger charge is -2.13. The number of Topliss-reactive ketones (excluding diaryl/α,β-unsaturated/α-hetero) is 1. The van der Waals surface area contributed by atoms with Crippen LogP contribution >= 0.6 is 15.9 Å². The predicted octanol–water partition coefficient (Wildman–Crippen LogP) is 3.15. The van der Waals surface area contributed by atoms with Crippen LogP contribution in [0.25, 0.3) is 0 Å². The van der Waals surface area contributed by atoms with E-state index in [4.69, 9.17) is 9.15 Å². The van der Waals surface area contributed by atoms with Crippen LogP contribution < -0.4 is 5.32 Å². The van der Waals surface area contributed by atoms with Crippen LogP contribution in [0.2, 0.25) is 0 Å². The van der Waals surface area contributed by atoms with Gasteiger partial charge in [-0.15, -0.1) is 0 Å². The fraction of sp³-hybridized carbons (Fsp3) is 0.278. The second kappa shape index (κ2) is 8.62. The van der Waals surface area contributed by atoms with Crippen LogP contribution in [0.1, 0.15) is 40.3 Å². The van der Waals surface area contributed by atoms with E-state index in [1.165, 1.54) is 13.0 Å². The van der Waals surface area contributed by atoms with Crippen molar-refractivity contribution in [3.05, 3.63) is 58.0 Å². The van der Waals surface area contributed by atoms with Crippen molar-refractivity contribution in [2.45, 2.75) is 26.4 Å². The highest BCUT2D eigenvalue weighted by atomic mass is 79.9. The Morgan fingerprint density at radius 2 is 1.84 bits per heavy atom. The number of hydrogen-bond donors (Lipinski definition) is 1. The number of carbonyl (C=O) groups excluding carboxylic acids is 3. The topological polar surface area (TPSA) is 85.6 Å². The Morgan fingerprint density at radius 1 is 1.16 bits per heavy atom. The summed E-state index contributed by atoms with van der Waals surface area (Å²) in [5.41, 5.74) is 1.59. The number of rotatable bonds is 7. The molecule has 132 valence electrons. The highest BCUT2D eigenvalue weighted by Crippen LogP contribution is 2.13. The Labute approximate surface area is 153 Å².